The van der Waals surface area contributed by atoms with E-state index in [9.17, 15) is 4.79 Å². The lowest BCUT2D eigenvalue weighted by atomic mass is 10.2. The van der Waals surface area contributed by atoms with Gasteiger partial charge in [0.1, 0.15) is 0 Å². The van der Waals surface area contributed by atoms with Crippen LogP contribution in [-0.4, -0.2) is 57.1 Å². The molecule has 0 saturated carbocycles. The topological polar surface area (TPSA) is 41.4 Å². The maximum Gasteiger partial charge on any atom is 0.280 e. The maximum atomic E-state index is 12.0. The van der Waals surface area contributed by atoms with E-state index >= 15 is 0 Å². The molecule has 1 saturated heterocycles. The molecular formula is C12H27N3O+2. The molecule has 4 nitrogen and oxygen atoms in total. The number of nitrogens with two attached hydrogens (primary N) is 1. The molecule has 16 heavy (non-hydrogen) atoms. The fourth-order valence-corrected chi connectivity index (χ4v) is 2.15. The molecule has 1 amide bonds. The molecule has 0 unspecified atom stereocenters. The van der Waals surface area contributed by atoms with E-state index in [2.05, 4.69) is 19.4 Å². The Morgan fingerprint density at radius 3 is 2.56 bits per heavy atom. The molecular weight excluding hydrogens is 202 g/mol. The van der Waals surface area contributed by atoms with Crippen LogP contribution in [0.1, 0.15) is 26.2 Å². The first-order chi connectivity index (χ1) is 7.61. The van der Waals surface area contributed by atoms with Crippen molar-refractivity contribution in [1.29, 1.82) is 0 Å². The van der Waals surface area contributed by atoms with Gasteiger partial charge >= 0.3 is 0 Å². The van der Waals surface area contributed by atoms with Crippen molar-refractivity contribution >= 4 is 5.91 Å². The zero-order valence-electron chi connectivity index (χ0n) is 11.0. The third-order valence-electron chi connectivity index (χ3n) is 3.21. The molecule has 1 rings (SSSR count). The minimum absolute atomic E-state index is 0.107. The summed E-state index contributed by atoms with van der Waals surface area (Å²) < 4.78 is 0. The molecule has 1 aliphatic heterocycles. The number of nitrogens with one attached hydrogen (secondary N) is 1. The minimum atomic E-state index is 0.107. The molecule has 0 radical (unpaired) electrons. The van der Waals surface area contributed by atoms with Crippen molar-refractivity contribution in [2.45, 2.75) is 32.2 Å². The lowest BCUT2D eigenvalue weighted by Crippen LogP contribution is -3.06. The lowest BCUT2D eigenvalue weighted by Gasteiger charge is -2.18. The average Bonchev–Trinajstić information content (AvgIpc) is 2.76. The van der Waals surface area contributed by atoms with E-state index in [1.165, 1.54) is 30.7 Å². The van der Waals surface area contributed by atoms with Gasteiger partial charge in [-0.15, -0.1) is 0 Å². The van der Waals surface area contributed by atoms with Gasteiger partial charge in [0.2, 0.25) is 0 Å². The second-order valence-electron chi connectivity index (χ2n) is 5.16. The summed E-state index contributed by atoms with van der Waals surface area (Å²) in [6, 6.07) is 0.107. The Bertz CT molecular complexity index is 212. The minimum Gasteiger partial charge on any atom is -0.340 e. The van der Waals surface area contributed by atoms with Gasteiger partial charge in [-0.2, -0.15) is 0 Å². The number of amides is 1. The van der Waals surface area contributed by atoms with Crippen molar-refractivity contribution in [2.75, 3.05) is 40.3 Å². The predicted octanol–water partition coefficient (Wildman–Crippen LogP) is -1.90. The smallest absolute Gasteiger partial charge is 0.280 e. The van der Waals surface area contributed by atoms with Crippen molar-refractivity contribution in [2.24, 2.45) is 0 Å². The number of hydrogen-bond acceptors (Lipinski definition) is 1. The van der Waals surface area contributed by atoms with E-state index in [0.29, 0.717) is 5.91 Å². The normalized spacial score (nSPS) is 18.1. The molecule has 94 valence electrons. The van der Waals surface area contributed by atoms with E-state index in [1.54, 1.807) is 0 Å². The number of quaternary nitrogens is 2. The molecule has 1 aliphatic rings. The standard InChI is InChI=1S/C12H25N3O/c1-11(13-7-6-8-14(2)3)12(16)15-9-4-5-10-15/h11,13H,4-10H2,1-3H3/p+2/t11-/m1/s1. The van der Waals surface area contributed by atoms with Crippen LogP contribution in [0.25, 0.3) is 0 Å². The number of rotatable bonds is 6. The quantitative estimate of drug-likeness (QED) is 0.513. The third kappa shape index (κ3) is 4.49. The largest absolute Gasteiger partial charge is 0.340 e. The van der Waals surface area contributed by atoms with Gasteiger partial charge in [0.25, 0.3) is 5.91 Å². The van der Waals surface area contributed by atoms with Crippen LogP contribution < -0.4 is 10.2 Å². The van der Waals surface area contributed by atoms with Crippen LogP contribution in [0.4, 0.5) is 0 Å². The second kappa shape index (κ2) is 6.86. The van der Waals surface area contributed by atoms with Gasteiger partial charge in [0.15, 0.2) is 6.04 Å². The van der Waals surface area contributed by atoms with E-state index < -0.39 is 0 Å². The highest BCUT2D eigenvalue weighted by Crippen LogP contribution is 2.07. The SMILES string of the molecule is C[C@@H]([NH2+]CCC[NH+](C)C)C(=O)N1CCCC1. The van der Waals surface area contributed by atoms with Crippen molar-refractivity contribution in [3.05, 3.63) is 0 Å². The second-order valence-corrected chi connectivity index (χ2v) is 5.16. The Kier molecular flexibility index (Phi) is 5.77. The van der Waals surface area contributed by atoms with Crippen LogP contribution in [0.2, 0.25) is 0 Å². The summed E-state index contributed by atoms with van der Waals surface area (Å²) in [5.74, 6) is 0.328. The fourth-order valence-electron chi connectivity index (χ4n) is 2.15. The van der Waals surface area contributed by atoms with E-state index in [4.69, 9.17) is 0 Å². The van der Waals surface area contributed by atoms with Crippen molar-refractivity contribution in [3.8, 4) is 0 Å². The fraction of sp³-hybridized carbons (Fsp3) is 0.917. The number of nitrogens with zero attached hydrogens (tertiary/aromatic N) is 1. The molecule has 3 N–H and O–H groups in total. The third-order valence-corrected chi connectivity index (χ3v) is 3.21. The number of hydrogen-bond donors (Lipinski definition) is 2. The van der Waals surface area contributed by atoms with E-state index in [1.807, 2.05) is 11.8 Å². The lowest BCUT2D eigenvalue weighted by molar-refractivity contribution is -0.860. The first-order valence-electron chi connectivity index (χ1n) is 6.52. The molecule has 1 heterocycles. The van der Waals surface area contributed by atoms with Gasteiger partial charge in [0, 0.05) is 19.5 Å². The van der Waals surface area contributed by atoms with Crippen molar-refractivity contribution in [3.63, 3.8) is 0 Å². The monoisotopic (exact) mass is 229 g/mol. The van der Waals surface area contributed by atoms with Crippen LogP contribution in [0.15, 0.2) is 0 Å². The van der Waals surface area contributed by atoms with Gasteiger partial charge < -0.3 is 15.1 Å². The van der Waals surface area contributed by atoms with E-state index in [0.717, 1.165) is 19.6 Å². The van der Waals surface area contributed by atoms with Crippen LogP contribution in [0, 0.1) is 0 Å². The summed E-state index contributed by atoms with van der Waals surface area (Å²) in [7, 11) is 4.33. The van der Waals surface area contributed by atoms with Gasteiger partial charge in [-0.05, 0) is 19.8 Å². The predicted molar refractivity (Wildman–Crippen MR) is 64.4 cm³/mol. The molecule has 0 aromatic carbocycles. The molecule has 1 atom stereocenters. The van der Waals surface area contributed by atoms with Crippen LogP contribution in [-0.2, 0) is 4.79 Å². The Morgan fingerprint density at radius 2 is 2.00 bits per heavy atom. The highest BCUT2D eigenvalue weighted by Gasteiger charge is 2.24. The Labute approximate surface area is 99.0 Å². The van der Waals surface area contributed by atoms with Crippen LogP contribution in [0.5, 0.6) is 0 Å². The summed E-state index contributed by atoms with van der Waals surface area (Å²) in [5, 5.41) is 2.18. The van der Waals surface area contributed by atoms with Crippen LogP contribution in [0.3, 0.4) is 0 Å². The Morgan fingerprint density at radius 1 is 1.38 bits per heavy atom. The first kappa shape index (κ1) is 13.5. The van der Waals surface area contributed by atoms with Gasteiger partial charge in [0.05, 0.1) is 27.2 Å². The van der Waals surface area contributed by atoms with Crippen molar-refractivity contribution in [1.82, 2.24) is 4.90 Å². The molecule has 0 aromatic rings. The maximum absolute atomic E-state index is 12.0. The molecule has 0 spiro atoms. The Hall–Kier alpha value is -0.610. The number of carbonyl (C=O) groups is 1. The summed E-state index contributed by atoms with van der Waals surface area (Å²) in [4.78, 5) is 15.5. The van der Waals surface area contributed by atoms with Crippen molar-refractivity contribution < 1.29 is 15.0 Å². The van der Waals surface area contributed by atoms with Gasteiger partial charge in [-0.1, -0.05) is 0 Å². The number of carbonyl (C=O) groups excluding carboxylic acids is 1. The van der Waals surface area contributed by atoms with Gasteiger partial charge in [-0.25, -0.2) is 0 Å². The summed E-state index contributed by atoms with van der Waals surface area (Å²) >= 11 is 0. The summed E-state index contributed by atoms with van der Waals surface area (Å²) in [6.07, 6.45) is 3.55. The zero-order valence-corrected chi connectivity index (χ0v) is 11.0. The molecule has 0 aromatic heterocycles. The molecule has 1 fully saturated rings. The number of likely N-dealkylation sites (tertiary alicyclic amines) is 1. The van der Waals surface area contributed by atoms with Gasteiger partial charge in [-0.3, -0.25) is 4.79 Å². The zero-order chi connectivity index (χ0) is 12.0. The highest BCUT2D eigenvalue weighted by atomic mass is 16.2. The van der Waals surface area contributed by atoms with E-state index in [-0.39, 0.29) is 6.04 Å². The molecule has 4 heteroatoms. The summed E-state index contributed by atoms with van der Waals surface area (Å²) in [6.45, 7) is 6.22. The average molecular weight is 229 g/mol. The van der Waals surface area contributed by atoms with Crippen LogP contribution >= 0.6 is 0 Å². The first-order valence-corrected chi connectivity index (χ1v) is 6.52. The Balaban J connectivity index is 2.13. The molecule has 0 bridgehead atoms. The summed E-state index contributed by atoms with van der Waals surface area (Å²) in [5.41, 5.74) is 0. The molecule has 0 aliphatic carbocycles. The highest BCUT2D eigenvalue weighted by molar-refractivity contribution is 5.80.